The van der Waals surface area contributed by atoms with Gasteiger partial charge in [-0.2, -0.15) is 0 Å². The summed E-state index contributed by atoms with van der Waals surface area (Å²) in [6.45, 7) is 14.3. The van der Waals surface area contributed by atoms with E-state index in [1.807, 2.05) is 59.9 Å². The van der Waals surface area contributed by atoms with E-state index in [4.69, 9.17) is 0 Å². The van der Waals surface area contributed by atoms with E-state index in [0.29, 0.717) is 5.92 Å². The van der Waals surface area contributed by atoms with Crippen LogP contribution in [0.5, 0.6) is 0 Å². The largest absolute Gasteiger partial charge is 0.321 e. The molecule has 0 aliphatic carbocycles. The molecule has 0 heterocycles. The van der Waals surface area contributed by atoms with Crippen molar-refractivity contribution < 1.29 is 14.5 Å². The highest BCUT2D eigenvalue weighted by Gasteiger charge is 2.25. The smallest absolute Gasteiger partial charge is 0.282 e. The maximum absolute atomic E-state index is 12.9. The number of benzene rings is 2. The summed E-state index contributed by atoms with van der Waals surface area (Å²) in [4.78, 5) is 26.4. The number of nitrogens with one attached hydrogen (secondary N) is 3. The average Bonchev–Trinajstić information content (AvgIpc) is 2.65. The van der Waals surface area contributed by atoms with Gasteiger partial charge in [0.25, 0.3) is 11.8 Å². The van der Waals surface area contributed by atoms with Crippen molar-refractivity contribution in [3.63, 3.8) is 0 Å². The first-order valence-corrected chi connectivity index (χ1v) is 10.6. The molecule has 5 nitrogen and oxygen atoms in total. The third kappa shape index (κ3) is 5.70. The Balaban J connectivity index is 2.05. The van der Waals surface area contributed by atoms with Crippen molar-refractivity contribution in [2.75, 3.05) is 24.2 Å². The summed E-state index contributed by atoms with van der Waals surface area (Å²) in [6.07, 6.45) is 0. The highest BCUT2D eigenvalue weighted by atomic mass is 16.2. The van der Waals surface area contributed by atoms with Gasteiger partial charge in [0.2, 0.25) is 0 Å². The molecular formula is C25H36N3O2+. The van der Waals surface area contributed by atoms with Crippen molar-refractivity contribution >= 4 is 23.2 Å². The van der Waals surface area contributed by atoms with Crippen LogP contribution >= 0.6 is 0 Å². The molecule has 0 fully saturated rings. The molecule has 0 saturated heterocycles. The zero-order chi connectivity index (χ0) is 22.6. The minimum Gasteiger partial charge on any atom is -0.321 e. The van der Waals surface area contributed by atoms with Gasteiger partial charge >= 0.3 is 0 Å². The monoisotopic (exact) mass is 410 g/mol. The van der Waals surface area contributed by atoms with Gasteiger partial charge in [0.05, 0.1) is 7.05 Å². The van der Waals surface area contributed by atoms with E-state index in [1.165, 1.54) is 5.56 Å². The molecule has 0 aliphatic heterocycles. The fourth-order valence-electron chi connectivity index (χ4n) is 3.76. The molecule has 1 unspecified atom stereocenters. The second kappa shape index (κ2) is 9.90. The van der Waals surface area contributed by atoms with Gasteiger partial charge < -0.3 is 15.5 Å². The molecule has 5 heteroatoms. The molecule has 2 amide bonds. The topological polar surface area (TPSA) is 62.6 Å². The number of para-hydroxylation sites is 1. The highest BCUT2D eigenvalue weighted by molar-refractivity contribution is 5.96. The normalized spacial score (nSPS) is 13.1. The summed E-state index contributed by atoms with van der Waals surface area (Å²) in [5.74, 6) is 0.132. The molecule has 3 N–H and O–H groups in total. The third-order valence-electron chi connectivity index (χ3n) is 5.69. The Hall–Kier alpha value is -2.66. The number of amides is 2. The van der Waals surface area contributed by atoms with Crippen LogP contribution in [-0.4, -0.2) is 31.4 Å². The first-order chi connectivity index (χ1) is 14.0. The number of carbonyl (C=O) groups is 2. The zero-order valence-electron chi connectivity index (χ0n) is 19.6. The Morgan fingerprint density at radius 3 is 2.07 bits per heavy atom. The molecule has 162 valence electrons. The third-order valence-corrected chi connectivity index (χ3v) is 5.69. The van der Waals surface area contributed by atoms with Gasteiger partial charge in [-0.3, -0.25) is 9.59 Å². The van der Waals surface area contributed by atoms with Gasteiger partial charge in [0.15, 0.2) is 12.6 Å². The Morgan fingerprint density at radius 2 is 1.50 bits per heavy atom. The molecule has 2 atom stereocenters. The minimum atomic E-state index is -0.365. The molecule has 30 heavy (non-hydrogen) atoms. The van der Waals surface area contributed by atoms with Crippen molar-refractivity contribution in [2.24, 2.45) is 0 Å². The summed E-state index contributed by atoms with van der Waals surface area (Å²) in [6, 6.07) is 9.82. The van der Waals surface area contributed by atoms with Crippen LogP contribution in [0.15, 0.2) is 30.3 Å². The lowest BCUT2D eigenvalue weighted by Crippen LogP contribution is -3.14. The predicted molar refractivity (Wildman–Crippen MR) is 124 cm³/mol. The van der Waals surface area contributed by atoms with E-state index >= 15 is 0 Å². The van der Waals surface area contributed by atoms with Crippen LogP contribution < -0.4 is 15.5 Å². The van der Waals surface area contributed by atoms with Crippen LogP contribution in [0.25, 0.3) is 0 Å². The molecule has 0 saturated carbocycles. The molecule has 0 aromatic heterocycles. The highest BCUT2D eigenvalue weighted by Crippen LogP contribution is 2.27. The lowest BCUT2D eigenvalue weighted by molar-refractivity contribution is -0.885. The van der Waals surface area contributed by atoms with Crippen molar-refractivity contribution in [2.45, 2.75) is 60.4 Å². The fourth-order valence-corrected chi connectivity index (χ4v) is 3.76. The van der Waals surface area contributed by atoms with Crippen molar-refractivity contribution in [1.82, 2.24) is 0 Å². The molecule has 2 aromatic rings. The van der Waals surface area contributed by atoms with Crippen molar-refractivity contribution in [3.05, 3.63) is 58.1 Å². The quantitative estimate of drug-likeness (QED) is 0.654. The summed E-state index contributed by atoms with van der Waals surface area (Å²) in [5.41, 5.74) is 7.17. The van der Waals surface area contributed by atoms with Gasteiger partial charge in [0, 0.05) is 11.4 Å². The van der Waals surface area contributed by atoms with Crippen LogP contribution in [0.2, 0.25) is 0 Å². The van der Waals surface area contributed by atoms with Crippen LogP contribution in [0.4, 0.5) is 11.4 Å². The Kier molecular flexibility index (Phi) is 7.79. The molecule has 2 aromatic carbocycles. The zero-order valence-corrected chi connectivity index (χ0v) is 19.6. The number of hydrogen-bond donors (Lipinski definition) is 3. The number of quaternary nitrogens is 1. The number of likely N-dealkylation sites (N-methyl/N-ethyl adjacent to an activating group) is 1. The average molecular weight is 411 g/mol. The number of rotatable bonds is 7. The molecule has 2 rings (SSSR count). The maximum Gasteiger partial charge on any atom is 0.282 e. The number of carbonyl (C=O) groups excluding carboxylic acids is 2. The lowest BCUT2D eigenvalue weighted by atomic mass is 9.98. The second-order valence-electron chi connectivity index (χ2n) is 8.75. The van der Waals surface area contributed by atoms with Gasteiger partial charge in [-0.15, -0.1) is 0 Å². The van der Waals surface area contributed by atoms with Crippen LogP contribution in [0, 0.1) is 27.7 Å². The fraction of sp³-hybridized carbons (Fsp3) is 0.440. The standard InChI is InChI=1S/C25H35N3O2/c1-15(2)21-11-9-10-17(4)24(21)27-25(30)20(7)28(8)14-22(29)26-23-18(5)12-16(3)13-19(23)6/h9-13,15,20H,14H2,1-8H3,(H,26,29)(H,27,30)/p+1/t20-/m0/s1. The molecule has 0 aliphatic rings. The van der Waals surface area contributed by atoms with E-state index in [1.54, 1.807) is 0 Å². The summed E-state index contributed by atoms with van der Waals surface area (Å²) < 4.78 is 0. The van der Waals surface area contributed by atoms with Gasteiger partial charge in [0.1, 0.15) is 0 Å². The van der Waals surface area contributed by atoms with Crippen molar-refractivity contribution in [3.8, 4) is 0 Å². The van der Waals surface area contributed by atoms with Crippen LogP contribution in [-0.2, 0) is 9.59 Å². The maximum atomic E-state index is 12.9. The Morgan fingerprint density at radius 1 is 0.900 bits per heavy atom. The number of hydrogen-bond acceptors (Lipinski definition) is 2. The van der Waals surface area contributed by atoms with Crippen LogP contribution in [0.1, 0.15) is 54.5 Å². The van der Waals surface area contributed by atoms with Crippen molar-refractivity contribution in [1.29, 1.82) is 0 Å². The van der Waals surface area contributed by atoms with E-state index in [-0.39, 0.29) is 24.4 Å². The van der Waals surface area contributed by atoms with Crippen LogP contribution in [0.3, 0.4) is 0 Å². The van der Waals surface area contributed by atoms with E-state index in [9.17, 15) is 9.59 Å². The summed E-state index contributed by atoms with van der Waals surface area (Å²) in [5, 5.41) is 6.12. The van der Waals surface area contributed by atoms with Gasteiger partial charge in [-0.25, -0.2) is 0 Å². The summed E-state index contributed by atoms with van der Waals surface area (Å²) >= 11 is 0. The molecule has 0 spiro atoms. The molecule has 0 bridgehead atoms. The first kappa shape index (κ1) is 23.6. The van der Waals surface area contributed by atoms with Gasteiger partial charge in [-0.05, 0) is 62.8 Å². The minimum absolute atomic E-state index is 0.0841. The number of aryl methyl sites for hydroxylation is 4. The predicted octanol–water partition coefficient (Wildman–Crippen LogP) is 3.52. The van der Waals surface area contributed by atoms with E-state index < -0.39 is 0 Å². The van der Waals surface area contributed by atoms with E-state index in [0.717, 1.165) is 38.5 Å². The Labute approximate surface area is 180 Å². The number of anilines is 2. The summed E-state index contributed by atoms with van der Waals surface area (Å²) in [7, 11) is 1.87. The second-order valence-corrected chi connectivity index (χ2v) is 8.75. The van der Waals surface area contributed by atoms with Gasteiger partial charge in [-0.1, -0.05) is 49.7 Å². The Bertz CT molecular complexity index is 911. The lowest BCUT2D eigenvalue weighted by Gasteiger charge is -2.23. The SMILES string of the molecule is Cc1cc(C)c(NC(=O)C[NH+](C)[C@@H](C)C(=O)Nc2c(C)cccc2C(C)C)c(C)c1. The van der Waals surface area contributed by atoms with E-state index in [2.05, 4.69) is 36.6 Å². The first-order valence-electron chi connectivity index (χ1n) is 10.6. The molecular weight excluding hydrogens is 374 g/mol. The molecule has 0 radical (unpaired) electrons.